The second-order valence-corrected chi connectivity index (χ2v) is 4.79. The van der Waals surface area contributed by atoms with Crippen molar-refractivity contribution in [3.63, 3.8) is 0 Å². The summed E-state index contributed by atoms with van der Waals surface area (Å²) >= 11 is 11.7. The zero-order chi connectivity index (χ0) is 12.3. The third kappa shape index (κ3) is 3.45. The van der Waals surface area contributed by atoms with Gasteiger partial charge in [-0.15, -0.1) is 0 Å². The zero-order valence-corrected chi connectivity index (χ0v) is 10.8. The standard InChI is InChI=1S/C12H14Cl2N2O/c13-10-2-1-9(6-11(10)14)17-4-3-8-5-12(15)16-7-8/h1-2,5-6,8,16H,3-4,7,15H2/t8-/m0/s1. The summed E-state index contributed by atoms with van der Waals surface area (Å²) in [5.41, 5.74) is 5.62. The Morgan fingerprint density at radius 2 is 2.18 bits per heavy atom. The molecule has 1 aromatic rings. The van der Waals surface area contributed by atoms with E-state index in [2.05, 4.69) is 5.32 Å². The average molecular weight is 273 g/mol. The number of halogens is 2. The minimum absolute atomic E-state index is 0.442. The molecule has 0 bridgehead atoms. The van der Waals surface area contributed by atoms with E-state index >= 15 is 0 Å². The van der Waals surface area contributed by atoms with Crippen LogP contribution in [-0.2, 0) is 0 Å². The molecule has 0 unspecified atom stereocenters. The molecule has 0 amide bonds. The van der Waals surface area contributed by atoms with Crippen molar-refractivity contribution >= 4 is 23.2 Å². The molecule has 0 saturated heterocycles. The first-order chi connectivity index (χ1) is 8.15. The van der Waals surface area contributed by atoms with Crippen LogP contribution in [0, 0.1) is 5.92 Å². The van der Waals surface area contributed by atoms with Crippen molar-refractivity contribution in [3.05, 3.63) is 40.1 Å². The Morgan fingerprint density at radius 3 is 2.82 bits per heavy atom. The Balaban J connectivity index is 1.80. The van der Waals surface area contributed by atoms with Crippen LogP contribution in [0.3, 0.4) is 0 Å². The second kappa shape index (κ2) is 5.52. The monoisotopic (exact) mass is 272 g/mol. The van der Waals surface area contributed by atoms with E-state index in [1.54, 1.807) is 12.1 Å². The van der Waals surface area contributed by atoms with Gasteiger partial charge in [0.1, 0.15) is 5.75 Å². The largest absolute Gasteiger partial charge is 0.494 e. The highest BCUT2D eigenvalue weighted by Gasteiger charge is 2.12. The summed E-state index contributed by atoms with van der Waals surface area (Å²) < 4.78 is 5.60. The lowest BCUT2D eigenvalue weighted by molar-refractivity contribution is 0.293. The maximum Gasteiger partial charge on any atom is 0.120 e. The number of hydrogen-bond donors (Lipinski definition) is 2. The Kier molecular flexibility index (Phi) is 4.02. The number of nitrogens with two attached hydrogens (primary N) is 1. The van der Waals surface area contributed by atoms with Crippen LogP contribution >= 0.6 is 23.2 Å². The quantitative estimate of drug-likeness (QED) is 0.886. The molecule has 0 saturated carbocycles. The van der Waals surface area contributed by atoms with Crippen molar-refractivity contribution in [3.8, 4) is 5.75 Å². The van der Waals surface area contributed by atoms with E-state index in [1.165, 1.54) is 0 Å². The summed E-state index contributed by atoms with van der Waals surface area (Å²) in [7, 11) is 0. The van der Waals surface area contributed by atoms with Crippen LogP contribution in [0.1, 0.15) is 6.42 Å². The molecule has 5 heteroatoms. The first kappa shape index (κ1) is 12.4. The van der Waals surface area contributed by atoms with E-state index in [0.717, 1.165) is 24.5 Å². The third-order valence-corrected chi connectivity index (χ3v) is 3.37. The SMILES string of the molecule is NC1=C[C@H](CCOc2ccc(Cl)c(Cl)c2)CN1. The van der Waals surface area contributed by atoms with Gasteiger partial charge in [0, 0.05) is 18.5 Å². The van der Waals surface area contributed by atoms with E-state index in [1.807, 2.05) is 12.1 Å². The lowest BCUT2D eigenvalue weighted by atomic mass is 10.1. The molecule has 0 aliphatic carbocycles. The van der Waals surface area contributed by atoms with Crippen molar-refractivity contribution in [1.29, 1.82) is 0 Å². The highest BCUT2D eigenvalue weighted by Crippen LogP contribution is 2.26. The Bertz CT molecular complexity index is 435. The van der Waals surface area contributed by atoms with Crippen molar-refractivity contribution in [2.24, 2.45) is 11.7 Å². The molecule has 1 aromatic carbocycles. The number of benzene rings is 1. The molecule has 2 rings (SSSR count). The van der Waals surface area contributed by atoms with Crippen molar-refractivity contribution < 1.29 is 4.74 Å². The molecular weight excluding hydrogens is 259 g/mol. The van der Waals surface area contributed by atoms with Gasteiger partial charge in [-0.25, -0.2) is 0 Å². The Labute approximate surface area is 111 Å². The molecule has 0 radical (unpaired) electrons. The molecule has 1 heterocycles. The molecular formula is C12H14Cl2N2O. The van der Waals surface area contributed by atoms with Gasteiger partial charge in [-0.2, -0.15) is 0 Å². The molecule has 0 fully saturated rings. The average Bonchev–Trinajstić information content (AvgIpc) is 2.70. The Morgan fingerprint density at radius 1 is 1.35 bits per heavy atom. The normalized spacial score (nSPS) is 18.7. The molecule has 17 heavy (non-hydrogen) atoms. The maximum atomic E-state index is 5.89. The van der Waals surface area contributed by atoms with Crippen LogP contribution in [0.5, 0.6) is 5.75 Å². The lowest BCUT2D eigenvalue weighted by Gasteiger charge is -2.09. The fraction of sp³-hybridized carbons (Fsp3) is 0.333. The molecule has 3 N–H and O–H groups in total. The number of rotatable bonds is 4. The highest BCUT2D eigenvalue weighted by atomic mass is 35.5. The van der Waals surface area contributed by atoms with Crippen molar-refractivity contribution in [2.75, 3.05) is 13.2 Å². The number of nitrogens with one attached hydrogen (secondary N) is 1. The minimum atomic E-state index is 0.442. The van der Waals surface area contributed by atoms with Gasteiger partial charge in [0.25, 0.3) is 0 Å². The van der Waals surface area contributed by atoms with Gasteiger partial charge in [-0.3, -0.25) is 0 Å². The van der Waals surface area contributed by atoms with E-state index in [0.29, 0.717) is 22.6 Å². The molecule has 1 aliphatic rings. The minimum Gasteiger partial charge on any atom is -0.494 e. The van der Waals surface area contributed by atoms with E-state index in [-0.39, 0.29) is 0 Å². The number of hydrogen-bond acceptors (Lipinski definition) is 3. The molecule has 1 aliphatic heterocycles. The van der Waals surface area contributed by atoms with Crippen LogP contribution in [0.15, 0.2) is 30.1 Å². The van der Waals surface area contributed by atoms with Crippen LogP contribution in [-0.4, -0.2) is 13.2 Å². The van der Waals surface area contributed by atoms with E-state index in [9.17, 15) is 0 Å². The van der Waals surface area contributed by atoms with Gasteiger partial charge in [0.2, 0.25) is 0 Å². The predicted octanol–water partition coefficient (Wildman–Crippen LogP) is 2.78. The summed E-state index contributed by atoms with van der Waals surface area (Å²) in [5.74, 6) is 1.93. The fourth-order valence-electron chi connectivity index (χ4n) is 1.70. The topological polar surface area (TPSA) is 47.3 Å². The third-order valence-electron chi connectivity index (χ3n) is 2.63. The second-order valence-electron chi connectivity index (χ2n) is 3.98. The van der Waals surface area contributed by atoms with E-state index in [4.69, 9.17) is 33.7 Å². The van der Waals surface area contributed by atoms with Crippen LogP contribution in [0.2, 0.25) is 10.0 Å². The lowest BCUT2D eigenvalue weighted by Crippen LogP contribution is -2.17. The van der Waals surface area contributed by atoms with Crippen molar-refractivity contribution in [1.82, 2.24) is 5.32 Å². The van der Waals surface area contributed by atoms with Crippen LogP contribution in [0.4, 0.5) is 0 Å². The van der Waals surface area contributed by atoms with E-state index < -0.39 is 0 Å². The first-order valence-electron chi connectivity index (χ1n) is 5.44. The van der Waals surface area contributed by atoms with Gasteiger partial charge in [-0.1, -0.05) is 23.2 Å². The molecule has 0 spiro atoms. The zero-order valence-electron chi connectivity index (χ0n) is 9.25. The van der Waals surface area contributed by atoms with Gasteiger partial charge in [0.05, 0.1) is 22.5 Å². The number of ether oxygens (including phenoxy) is 1. The summed E-state index contributed by atoms with van der Waals surface area (Å²) in [4.78, 5) is 0. The van der Waals surface area contributed by atoms with Gasteiger partial charge >= 0.3 is 0 Å². The van der Waals surface area contributed by atoms with Crippen molar-refractivity contribution in [2.45, 2.75) is 6.42 Å². The fourth-order valence-corrected chi connectivity index (χ4v) is 1.99. The smallest absolute Gasteiger partial charge is 0.120 e. The van der Waals surface area contributed by atoms with Crippen LogP contribution in [0.25, 0.3) is 0 Å². The molecule has 3 nitrogen and oxygen atoms in total. The van der Waals surface area contributed by atoms with Gasteiger partial charge < -0.3 is 15.8 Å². The predicted molar refractivity (Wildman–Crippen MR) is 70.3 cm³/mol. The first-order valence-corrected chi connectivity index (χ1v) is 6.20. The molecule has 0 aromatic heterocycles. The van der Waals surface area contributed by atoms with Gasteiger partial charge in [0.15, 0.2) is 0 Å². The van der Waals surface area contributed by atoms with Gasteiger partial charge in [-0.05, 0) is 24.6 Å². The molecule has 1 atom stereocenters. The summed E-state index contributed by atoms with van der Waals surface area (Å²) in [6, 6.07) is 5.26. The highest BCUT2D eigenvalue weighted by molar-refractivity contribution is 6.42. The maximum absolute atomic E-state index is 5.89. The Hall–Kier alpha value is -1.06. The summed E-state index contributed by atoms with van der Waals surface area (Å²) in [5, 5.41) is 4.13. The summed E-state index contributed by atoms with van der Waals surface area (Å²) in [6.07, 6.45) is 2.95. The summed E-state index contributed by atoms with van der Waals surface area (Å²) in [6.45, 7) is 1.52. The molecule has 92 valence electrons. The van der Waals surface area contributed by atoms with Crippen LogP contribution < -0.4 is 15.8 Å².